The van der Waals surface area contributed by atoms with Crippen LogP contribution in [-0.4, -0.2) is 62.2 Å². The maximum absolute atomic E-state index is 14.7. The molecule has 1 amide bonds. The lowest BCUT2D eigenvalue weighted by Gasteiger charge is -2.33. The first-order chi connectivity index (χ1) is 14.8. The van der Waals surface area contributed by atoms with E-state index in [2.05, 4.69) is 9.88 Å². The molecule has 2 aliphatic rings. The normalized spacial score (nSPS) is 22.0. The molecule has 2 aliphatic heterocycles. The number of piperidine rings is 1. The molecule has 2 atom stereocenters. The molecule has 0 N–H and O–H groups in total. The molecule has 2 saturated heterocycles. The standard InChI is InChI=1S/C23H27F3N4O/c1-28-10-3-4-15(13-28)23(31)29(2)21-18(19-12-16(24)5-6-20(19)26)7-9-27-22(21)30-11-8-17(25)14-30/h5-7,9,12,15,17H,3-4,8,10-11,13-14H2,1-2H3/t15?,17-/m0/s1. The molecule has 0 spiro atoms. The Morgan fingerprint density at radius 1 is 1.13 bits per heavy atom. The second kappa shape index (κ2) is 8.86. The van der Waals surface area contributed by atoms with E-state index in [-0.39, 0.29) is 23.9 Å². The number of carbonyl (C=O) groups excluding carboxylic acids is 1. The summed E-state index contributed by atoms with van der Waals surface area (Å²) in [6, 6.07) is 4.82. The van der Waals surface area contributed by atoms with Crippen molar-refractivity contribution in [2.24, 2.45) is 5.92 Å². The first-order valence-corrected chi connectivity index (χ1v) is 10.6. The predicted molar refractivity (Wildman–Crippen MR) is 115 cm³/mol. The van der Waals surface area contributed by atoms with Gasteiger partial charge in [-0.25, -0.2) is 18.2 Å². The number of aromatic nitrogens is 1. The molecule has 0 bridgehead atoms. The molecular formula is C23H27F3N4O. The molecule has 0 aliphatic carbocycles. The zero-order valence-corrected chi connectivity index (χ0v) is 17.8. The number of amides is 1. The largest absolute Gasteiger partial charge is 0.352 e. The van der Waals surface area contributed by atoms with E-state index < -0.39 is 17.8 Å². The molecule has 166 valence electrons. The van der Waals surface area contributed by atoms with Crippen molar-refractivity contribution in [3.8, 4) is 11.1 Å². The maximum Gasteiger partial charge on any atom is 0.231 e. The Balaban J connectivity index is 1.81. The van der Waals surface area contributed by atoms with Crippen LogP contribution in [0.3, 0.4) is 0 Å². The van der Waals surface area contributed by atoms with Crippen molar-refractivity contribution >= 4 is 17.4 Å². The van der Waals surface area contributed by atoms with Gasteiger partial charge in [-0.2, -0.15) is 0 Å². The van der Waals surface area contributed by atoms with Crippen molar-refractivity contribution in [2.45, 2.75) is 25.4 Å². The molecule has 2 aromatic rings. The van der Waals surface area contributed by atoms with Gasteiger partial charge < -0.3 is 14.7 Å². The summed E-state index contributed by atoms with van der Waals surface area (Å²) >= 11 is 0. The van der Waals surface area contributed by atoms with E-state index in [9.17, 15) is 18.0 Å². The summed E-state index contributed by atoms with van der Waals surface area (Å²) in [4.78, 5) is 23.2. The van der Waals surface area contributed by atoms with Gasteiger partial charge in [-0.15, -0.1) is 0 Å². The minimum absolute atomic E-state index is 0.0510. The number of pyridine rings is 1. The van der Waals surface area contributed by atoms with Crippen LogP contribution in [0.15, 0.2) is 30.5 Å². The van der Waals surface area contributed by atoms with Crippen LogP contribution in [0.1, 0.15) is 19.3 Å². The van der Waals surface area contributed by atoms with Crippen LogP contribution in [0, 0.1) is 17.6 Å². The van der Waals surface area contributed by atoms with Gasteiger partial charge in [-0.05, 0) is 57.1 Å². The van der Waals surface area contributed by atoms with Gasteiger partial charge in [0.2, 0.25) is 5.91 Å². The van der Waals surface area contributed by atoms with Gasteiger partial charge >= 0.3 is 0 Å². The number of benzene rings is 1. The van der Waals surface area contributed by atoms with Gasteiger partial charge in [-0.3, -0.25) is 4.79 Å². The van der Waals surface area contributed by atoms with Gasteiger partial charge in [0.25, 0.3) is 0 Å². The Morgan fingerprint density at radius 2 is 1.94 bits per heavy atom. The van der Waals surface area contributed by atoms with Gasteiger partial charge in [0.15, 0.2) is 5.82 Å². The highest BCUT2D eigenvalue weighted by molar-refractivity contribution is 6.02. The van der Waals surface area contributed by atoms with Crippen molar-refractivity contribution in [3.05, 3.63) is 42.1 Å². The molecule has 31 heavy (non-hydrogen) atoms. The number of rotatable bonds is 4. The molecule has 0 saturated carbocycles. The monoisotopic (exact) mass is 432 g/mol. The topological polar surface area (TPSA) is 39.7 Å². The number of nitrogens with zero attached hydrogens (tertiary/aromatic N) is 4. The van der Waals surface area contributed by atoms with Gasteiger partial charge in [0.1, 0.15) is 17.8 Å². The third kappa shape index (κ3) is 4.39. The molecular weight excluding hydrogens is 405 g/mol. The molecule has 0 radical (unpaired) electrons. The fraction of sp³-hybridized carbons (Fsp3) is 0.478. The van der Waals surface area contributed by atoms with Crippen molar-refractivity contribution in [1.29, 1.82) is 0 Å². The predicted octanol–water partition coefficient (Wildman–Crippen LogP) is 3.88. The SMILES string of the molecule is CN1CCCC(C(=O)N(C)c2c(-c3cc(F)ccc3F)ccnc2N2CC[C@H](F)C2)C1. The molecule has 1 aromatic carbocycles. The molecule has 2 fully saturated rings. The third-order valence-electron chi connectivity index (χ3n) is 6.19. The van der Waals surface area contributed by atoms with Gasteiger partial charge in [-0.1, -0.05) is 0 Å². The summed E-state index contributed by atoms with van der Waals surface area (Å²) < 4.78 is 42.6. The first-order valence-electron chi connectivity index (χ1n) is 10.6. The summed E-state index contributed by atoms with van der Waals surface area (Å²) in [7, 11) is 3.62. The van der Waals surface area contributed by atoms with Crippen molar-refractivity contribution in [2.75, 3.05) is 50.1 Å². The fourth-order valence-corrected chi connectivity index (χ4v) is 4.59. The zero-order valence-electron chi connectivity index (χ0n) is 17.8. The first kappa shape index (κ1) is 21.6. The maximum atomic E-state index is 14.7. The van der Waals surface area contributed by atoms with E-state index in [4.69, 9.17) is 0 Å². The van der Waals surface area contributed by atoms with Crippen molar-refractivity contribution in [1.82, 2.24) is 9.88 Å². The van der Waals surface area contributed by atoms with E-state index in [1.54, 1.807) is 18.0 Å². The number of anilines is 2. The lowest BCUT2D eigenvalue weighted by atomic mass is 9.96. The van der Waals surface area contributed by atoms with Gasteiger partial charge in [0.05, 0.1) is 18.2 Å². The van der Waals surface area contributed by atoms with Crippen LogP contribution < -0.4 is 9.80 Å². The van der Waals surface area contributed by atoms with E-state index >= 15 is 0 Å². The average molecular weight is 432 g/mol. The highest BCUT2D eigenvalue weighted by atomic mass is 19.1. The molecule has 4 rings (SSSR count). The van der Waals surface area contributed by atoms with Crippen LogP contribution >= 0.6 is 0 Å². The average Bonchev–Trinajstić information content (AvgIpc) is 3.20. The lowest BCUT2D eigenvalue weighted by molar-refractivity contribution is -0.123. The second-order valence-corrected chi connectivity index (χ2v) is 8.49. The van der Waals surface area contributed by atoms with Crippen LogP contribution in [0.5, 0.6) is 0 Å². The number of halogens is 3. The highest BCUT2D eigenvalue weighted by Crippen LogP contribution is 2.40. The summed E-state index contributed by atoms with van der Waals surface area (Å²) in [5.74, 6) is -1.05. The second-order valence-electron chi connectivity index (χ2n) is 8.49. The number of carbonyl (C=O) groups is 1. The summed E-state index contributed by atoms with van der Waals surface area (Å²) in [6.07, 6.45) is 2.56. The molecule has 5 nitrogen and oxygen atoms in total. The Hall–Kier alpha value is -2.61. The van der Waals surface area contributed by atoms with E-state index in [1.807, 2.05) is 7.05 Å². The van der Waals surface area contributed by atoms with Crippen molar-refractivity contribution in [3.63, 3.8) is 0 Å². The molecule has 1 unspecified atom stereocenters. The van der Waals surface area contributed by atoms with Crippen LogP contribution in [0.25, 0.3) is 11.1 Å². The van der Waals surface area contributed by atoms with Crippen LogP contribution in [0.2, 0.25) is 0 Å². The van der Waals surface area contributed by atoms with Crippen LogP contribution in [-0.2, 0) is 4.79 Å². The minimum Gasteiger partial charge on any atom is -0.352 e. The fourth-order valence-electron chi connectivity index (χ4n) is 4.59. The number of hydrogen-bond acceptors (Lipinski definition) is 4. The molecule has 8 heteroatoms. The Labute approximate surface area is 180 Å². The quantitative estimate of drug-likeness (QED) is 0.735. The summed E-state index contributed by atoms with van der Waals surface area (Å²) in [5, 5.41) is 0. The number of hydrogen-bond donors (Lipinski definition) is 0. The third-order valence-corrected chi connectivity index (χ3v) is 6.19. The van der Waals surface area contributed by atoms with E-state index in [0.717, 1.165) is 37.6 Å². The van der Waals surface area contributed by atoms with Crippen LogP contribution in [0.4, 0.5) is 24.7 Å². The van der Waals surface area contributed by atoms with Gasteiger partial charge in [0, 0.05) is 37.5 Å². The highest BCUT2D eigenvalue weighted by Gasteiger charge is 2.33. The smallest absolute Gasteiger partial charge is 0.231 e. The Kier molecular flexibility index (Phi) is 6.18. The Bertz CT molecular complexity index is 970. The lowest BCUT2D eigenvalue weighted by Crippen LogP contribution is -2.43. The van der Waals surface area contributed by atoms with Crippen molar-refractivity contribution < 1.29 is 18.0 Å². The minimum atomic E-state index is -0.989. The number of alkyl halides is 1. The Morgan fingerprint density at radius 3 is 2.65 bits per heavy atom. The molecule has 1 aromatic heterocycles. The number of likely N-dealkylation sites (tertiary alicyclic amines) is 1. The van der Waals surface area contributed by atoms with E-state index in [1.165, 1.54) is 11.1 Å². The zero-order chi connectivity index (χ0) is 22.1. The van der Waals surface area contributed by atoms with E-state index in [0.29, 0.717) is 36.6 Å². The molecule has 3 heterocycles. The summed E-state index contributed by atoms with van der Waals surface area (Å²) in [5.41, 5.74) is 0.804. The summed E-state index contributed by atoms with van der Waals surface area (Å²) in [6.45, 7) is 2.18.